The Morgan fingerprint density at radius 1 is 1.33 bits per heavy atom. The van der Waals surface area contributed by atoms with Crippen molar-refractivity contribution in [2.75, 3.05) is 6.54 Å². The van der Waals surface area contributed by atoms with Gasteiger partial charge in [-0.1, -0.05) is 13.3 Å². The van der Waals surface area contributed by atoms with Crippen molar-refractivity contribution in [3.8, 4) is 0 Å². The van der Waals surface area contributed by atoms with E-state index in [1.807, 2.05) is 6.92 Å². The van der Waals surface area contributed by atoms with Gasteiger partial charge in [0.2, 0.25) is 10.0 Å². The molecule has 1 aromatic carbocycles. The highest BCUT2D eigenvalue weighted by molar-refractivity contribution is 7.89. The molecule has 0 aliphatic rings. The average Bonchev–Trinajstić information content (AvgIpc) is 2.31. The third-order valence-electron chi connectivity index (χ3n) is 2.44. The van der Waals surface area contributed by atoms with Crippen LogP contribution in [0.3, 0.4) is 0 Å². The fourth-order valence-electron chi connectivity index (χ4n) is 1.50. The van der Waals surface area contributed by atoms with Crippen molar-refractivity contribution in [3.63, 3.8) is 0 Å². The standard InChI is InChI=1S/C11H16F2N2O2S/c1-2-3-8(7-14)15-18(16,17)9-4-5-10(12)11(13)6-9/h4-6,8,15H,2-3,7,14H2,1H3. The summed E-state index contributed by atoms with van der Waals surface area (Å²) in [6.45, 7) is 2.05. The quantitative estimate of drug-likeness (QED) is 0.825. The summed E-state index contributed by atoms with van der Waals surface area (Å²) in [5, 5.41) is 0. The minimum absolute atomic E-state index is 0.150. The van der Waals surface area contributed by atoms with Gasteiger partial charge in [-0.05, 0) is 24.6 Å². The molecule has 0 aliphatic heterocycles. The maximum Gasteiger partial charge on any atom is 0.240 e. The van der Waals surface area contributed by atoms with Crippen LogP contribution in [-0.2, 0) is 10.0 Å². The second-order valence-corrected chi connectivity index (χ2v) is 5.63. The molecular weight excluding hydrogens is 262 g/mol. The first-order chi connectivity index (χ1) is 8.40. The highest BCUT2D eigenvalue weighted by atomic mass is 32.2. The Bertz CT molecular complexity index is 506. The van der Waals surface area contributed by atoms with Gasteiger partial charge in [0.25, 0.3) is 0 Å². The molecule has 7 heteroatoms. The minimum atomic E-state index is -3.87. The number of rotatable bonds is 6. The van der Waals surface area contributed by atoms with E-state index in [0.29, 0.717) is 12.5 Å². The molecule has 1 atom stereocenters. The van der Waals surface area contributed by atoms with Crippen molar-refractivity contribution in [1.82, 2.24) is 4.72 Å². The van der Waals surface area contributed by atoms with E-state index in [4.69, 9.17) is 5.73 Å². The molecule has 0 aromatic heterocycles. The van der Waals surface area contributed by atoms with Crippen LogP contribution in [-0.4, -0.2) is 21.0 Å². The van der Waals surface area contributed by atoms with Crippen LogP contribution in [0.5, 0.6) is 0 Å². The van der Waals surface area contributed by atoms with Crippen molar-refractivity contribution in [3.05, 3.63) is 29.8 Å². The Kier molecular flexibility index (Phi) is 5.18. The molecule has 3 N–H and O–H groups in total. The summed E-state index contributed by atoms with van der Waals surface area (Å²) >= 11 is 0. The number of hydrogen-bond donors (Lipinski definition) is 2. The monoisotopic (exact) mass is 278 g/mol. The van der Waals surface area contributed by atoms with Gasteiger partial charge in [-0.3, -0.25) is 0 Å². The van der Waals surface area contributed by atoms with Gasteiger partial charge in [-0.25, -0.2) is 21.9 Å². The molecule has 1 rings (SSSR count). The zero-order chi connectivity index (χ0) is 13.8. The van der Waals surface area contributed by atoms with E-state index in [1.165, 1.54) is 0 Å². The molecule has 0 heterocycles. The highest BCUT2D eigenvalue weighted by Gasteiger charge is 2.20. The molecule has 0 fully saturated rings. The van der Waals surface area contributed by atoms with E-state index in [1.54, 1.807) is 0 Å². The average molecular weight is 278 g/mol. The van der Waals surface area contributed by atoms with Crippen molar-refractivity contribution in [2.45, 2.75) is 30.7 Å². The van der Waals surface area contributed by atoms with Crippen LogP contribution < -0.4 is 10.5 Å². The number of benzene rings is 1. The van der Waals surface area contributed by atoms with Crippen LogP contribution in [0.15, 0.2) is 23.1 Å². The zero-order valence-corrected chi connectivity index (χ0v) is 10.8. The molecule has 102 valence electrons. The van der Waals surface area contributed by atoms with Gasteiger partial charge in [0.1, 0.15) is 0 Å². The Hall–Kier alpha value is -1.05. The lowest BCUT2D eigenvalue weighted by molar-refractivity contribution is 0.501. The van der Waals surface area contributed by atoms with E-state index in [0.717, 1.165) is 18.6 Å². The Morgan fingerprint density at radius 3 is 2.50 bits per heavy atom. The van der Waals surface area contributed by atoms with Gasteiger partial charge in [0.15, 0.2) is 11.6 Å². The van der Waals surface area contributed by atoms with E-state index in [-0.39, 0.29) is 11.4 Å². The molecular formula is C11H16F2N2O2S. The third kappa shape index (κ3) is 3.72. The highest BCUT2D eigenvalue weighted by Crippen LogP contribution is 2.14. The Morgan fingerprint density at radius 2 is 2.00 bits per heavy atom. The summed E-state index contributed by atoms with van der Waals surface area (Å²) in [7, 11) is -3.87. The smallest absolute Gasteiger partial charge is 0.240 e. The van der Waals surface area contributed by atoms with Crippen LogP contribution in [0.2, 0.25) is 0 Å². The molecule has 1 aromatic rings. The van der Waals surface area contributed by atoms with Crippen molar-refractivity contribution in [1.29, 1.82) is 0 Å². The summed E-state index contributed by atoms with van der Waals surface area (Å²) in [5.74, 6) is -2.28. The SMILES string of the molecule is CCCC(CN)NS(=O)(=O)c1ccc(F)c(F)c1. The lowest BCUT2D eigenvalue weighted by atomic mass is 10.2. The van der Waals surface area contributed by atoms with Gasteiger partial charge in [-0.15, -0.1) is 0 Å². The first-order valence-electron chi connectivity index (χ1n) is 5.58. The first-order valence-corrected chi connectivity index (χ1v) is 7.06. The van der Waals surface area contributed by atoms with E-state index in [2.05, 4.69) is 4.72 Å². The molecule has 0 bridgehead atoms. The van der Waals surface area contributed by atoms with E-state index < -0.39 is 27.7 Å². The van der Waals surface area contributed by atoms with Crippen LogP contribution in [0.25, 0.3) is 0 Å². The molecule has 0 saturated carbocycles. The molecule has 0 radical (unpaired) electrons. The van der Waals surface area contributed by atoms with Crippen LogP contribution in [0.4, 0.5) is 8.78 Å². The summed E-state index contributed by atoms with van der Waals surface area (Å²) in [6.07, 6.45) is 1.35. The van der Waals surface area contributed by atoms with Crippen LogP contribution in [0.1, 0.15) is 19.8 Å². The number of nitrogens with two attached hydrogens (primary N) is 1. The fourth-order valence-corrected chi connectivity index (χ4v) is 2.80. The molecule has 0 saturated heterocycles. The largest absolute Gasteiger partial charge is 0.329 e. The maximum atomic E-state index is 13.0. The van der Waals surface area contributed by atoms with Gasteiger partial charge in [-0.2, -0.15) is 0 Å². The summed E-state index contributed by atoms with van der Waals surface area (Å²) in [5.41, 5.74) is 5.44. The number of hydrogen-bond acceptors (Lipinski definition) is 3. The fraction of sp³-hybridized carbons (Fsp3) is 0.455. The van der Waals surface area contributed by atoms with E-state index in [9.17, 15) is 17.2 Å². The number of halogens is 2. The summed E-state index contributed by atoms with van der Waals surface area (Å²) < 4.78 is 51.8. The number of nitrogens with one attached hydrogen (secondary N) is 1. The van der Waals surface area contributed by atoms with Crippen LogP contribution in [0, 0.1) is 11.6 Å². The van der Waals surface area contributed by atoms with Gasteiger partial charge in [0.05, 0.1) is 4.90 Å². The minimum Gasteiger partial charge on any atom is -0.329 e. The zero-order valence-electron chi connectivity index (χ0n) is 9.99. The van der Waals surface area contributed by atoms with Crippen LogP contribution >= 0.6 is 0 Å². The lowest BCUT2D eigenvalue weighted by Gasteiger charge is -2.16. The molecule has 0 aliphatic carbocycles. The van der Waals surface area contributed by atoms with Gasteiger partial charge < -0.3 is 5.73 Å². The maximum absolute atomic E-state index is 13.0. The molecule has 4 nitrogen and oxygen atoms in total. The van der Waals surface area contributed by atoms with Gasteiger partial charge in [0, 0.05) is 12.6 Å². The second-order valence-electron chi connectivity index (χ2n) is 3.92. The second kappa shape index (κ2) is 6.21. The predicted octanol–water partition coefficient (Wildman–Crippen LogP) is 1.37. The van der Waals surface area contributed by atoms with Crippen molar-refractivity contribution >= 4 is 10.0 Å². The Labute approximate surface area is 105 Å². The van der Waals surface area contributed by atoms with Crippen molar-refractivity contribution < 1.29 is 17.2 Å². The summed E-state index contributed by atoms with van der Waals surface area (Å²) in [6, 6.07) is 2.03. The lowest BCUT2D eigenvalue weighted by Crippen LogP contribution is -2.40. The van der Waals surface area contributed by atoms with Gasteiger partial charge >= 0.3 is 0 Å². The van der Waals surface area contributed by atoms with Crippen molar-refractivity contribution in [2.24, 2.45) is 5.73 Å². The first kappa shape index (κ1) is 15.0. The molecule has 18 heavy (non-hydrogen) atoms. The summed E-state index contributed by atoms with van der Waals surface area (Å²) in [4.78, 5) is -0.309. The number of sulfonamides is 1. The predicted molar refractivity (Wildman–Crippen MR) is 64.4 cm³/mol. The molecule has 0 spiro atoms. The topological polar surface area (TPSA) is 72.2 Å². The third-order valence-corrected chi connectivity index (χ3v) is 3.96. The Balaban J connectivity index is 2.95. The normalized spacial score (nSPS) is 13.6. The van der Waals surface area contributed by atoms with E-state index >= 15 is 0 Å². The molecule has 0 amide bonds. The molecule has 1 unspecified atom stereocenters.